The Hall–Kier alpha value is -1.70. The second-order valence-corrected chi connectivity index (χ2v) is 5.82. The zero-order valence-corrected chi connectivity index (χ0v) is 11.7. The molecular formula is C16H22N2. The minimum Gasteiger partial charge on any atom is -0.401 e. The molecule has 0 radical (unpaired) electrons. The van der Waals surface area contributed by atoms with Crippen molar-refractivity contribution in [1.82, 2.24) is 0 Å². The molecule has 0 heterocycles. The van der Waals surface area contributed by atoms with Crippen molar-refractivity contribution in [2.24, 2.45) is 11.1 Å². The van der Waals surface area contributed by atoms with Gasteiger partial charge in [-0.25, -0.2) is 0 Å². The van der Waals surface area contributed by atoms with Crippen LogP contribution in [0.2, 0.25) is 0 Å². The van der Waals surface area contributed by atoms with Crippen molar-refractivity contribution in [3.05, 3.63) is 46.7 Å². The molecule has 4 N–H and O–H groups in total. The van der Waals surface area contributed by atoms with E-state index in [-0.39, 0.29) is 5.41 Å². The summed E-state index contributed by atoms with van der Waals surface area (Å²) in [5.74, 6) is 0. The molecule has 96 valence electrons. The average molecular weight is 242 g/mol. The first-order valence-electron chi connectivity index (χ1n) is 6.36. The summed E-state index contributed by atoms with van der Waals surface area (Å²) in [5.41, 5.74) is 19.0. The Morgan fingerprint density at radius 3 is 2.06 bits per heavy atom. The van der Waals surface area contributed by atoms with Crippen molar-refractivity contribution in [3.8, 4) is 0 Å². The summed E-state index contributed by atoms with van der Waals surface area (Å²) in [6.07, 6.45) is 0.978. The summed E-state index contributed by atoms with van der Waals surface area (Å²) in [5, 5.41) is 0. The number of anilines is 1. The molecule has 1 aliphatic rings. The molecule has 0 saturated heterocycles. The summed E-state index contributed by atoms with van der Waals surface area (Å²) < 4.78 is 0. The molecule has 0 amide bonds. The van der Waals surface area contributed by atoms with E-state index in [2.05, 4.69) is 39.8 Å². The Morgan fingerprint density at radius 1 is 0.944 bits per heavy atom. The highest BCUT2D eigenvalue weighted by atomic mass is 14.6. The smallest absolute Gasteiger partial charge is 0.0314 e. The highest BCUT2D eigenvalue weighted by Gasteiger charge is 2.30. The van der Waals surface area contributed by atoms with E-state index in [1.54, 1.807) is 0 Å². The van der Waals surface area contributed by atoms with Crippen molar-refractivity contribution in [3.63, 3.8) is 0 Å². The number of allylic oxidation sites excluding steroid dienone is 4. The van der Waals surface area contributed by atoms with Crippen molar-refractivity contribution in [2.75, 3.05) is 5.73 Å². The lowest BCUT2D eigenvalue weighted by Gasteiger charge is -2.34. The van der Waals surface area contributed by atoms with Gasteiger partial charge in [-0.15, -0.1) is 0 Å². The predicted octanol–water partition coefficient (Wildman–Crippen LogP) is 3.70. The van der Waals surface area contributed by atoms with Crippen LogP contribution < -0.4 is 11.5 Å². The van der Waals surface area contributed by atoms with Gasteiger partial charge in [0.1, 0.15) is 0 Å². The molecule has 1 aliphatic carbocycles. The third kappa shape index (κ3) is 2.03. The van der Waals surface area contributed by atoms with Crippen LogP contribution >= 0.6 is 0 Å². The summed E-state index contributed by atoms with van der Waals surface area (Å²) in [4.78, 5) is 0. The van der Waals surface area contributed by atoms with Gasteiger partial charge in [0.15, 0.2) is 0 Å². The number of hydrogen-bond donors (Lipinski definition) is 2. The number of nitrogens with two attached hydrogens (primary N) is 2. The number of benzene rings is 1. The van der Waals surface area contributed by atoms with Crippen molar-refractivity contribution < 1.29 is 0 Å². The first kappa shape index (κ1) is 12.7. The molecule has 1 aromatic rings. The third-order valence-electron chi connectivity index (χ3n) is 4.03. The molecule has 0 bridgehead atoms. The summed E-state index contributed by atoms with van der Waals surface area (Å²) in [7, 11) is 0. The average Bonchev–Trinajstić information content (AvgIpc) is 2.33. The Morgan fingerprint density at radius 2 is 1.50 bits per heavy atom. The SMILES string of the molecule is CC1=C(c2ccc(N)cc2)CC(C)(C)C(N)=C1C. The van der Waals surface area contributed by atoms with Gasteiger partial charge in [0, 0.05) is 16.8 Å². The Labute approximate surface area is 109 Å². The summed E-state index contributed by atoms with van der Waals surface area (Å²) in [6.45, 7) is 8.68. The third-order valence-corrected chi connectivity index (χ3v) is 4.03. The molecule has 2 rings (SSSR count). The van der Waals surface area contributed by atoms with E-state index < -0.39 is 0 Å². The van der Waals surface area contributed by atoms with Crippen molar-refractivity contribution in [2.45, 2.75) is 34.1 Å². The van der Waals surface area contributed by atoms with E-state index in [0.717, 1.165) is 17.8 Å². The molecule has 0 fully saturated rings. The van der Waals surface area contributed by atoms with Gasteiger partial charge >= 0.3 is 0 Å². The zero-order valence-electron chi connectivity index (χ0n) is 11.7. The lowest BCUT2D eigenvalue weighted by molar-refractivity contribution is 0.443. The zero-order chi connectivity index (χ0) is 13.5. The van der Waals surface area contributed by atoms with Crippen LogP contribution in [0.15, 0.2) is 41.1 Å². The standard InChI is InChI=1S/C16H22N2/c1-10-11(2)15(18)16(3,4)9-14(10)12-5-7-13(17)8-6-12/h5-8H,9,17-18H2,1-4H3. The quantitative estimate of drug-likeness (QED) is 0.738. The van der Waals surface area contributed by atoms with E-state index in [1.165, 1.54) is 22.3 Å². The molecular weight excluding hydrogens is 220 g/mol. The fraction of sp³-hybridized carbons (Fsp3) is 0.375. The second kappa shape index (κ2) is 4.20. The van der Waals surface area contributed by atoms with Gasteiger partial charge in [0.25, 0.3) is 0 Å². The van der Waals surface area contributed by atoms with Crippen LogP contribution in [0.5, 0.6) is 0 Å². The maximum absolute atomic E-state index is 6.24. The molecule has 0 aromatic heterocycles. The fourth-order valence-electron chi connectivity index (χ4n) is 2.61. The van der Waals surface area contributed by atoms with Gasteiger partial charge in [-0.1, -0.05) is 26.0 Å². The van der Waals surface area contributed by atoms with Crippen LogP contribution in [0.4, 0.5) is 5.69 Å². The van der Waals surface area contributed by atoms with Crippen molar-refractivity contribution in [1.29, 1.82) is 0 Å². The molecule has 0 atom stereocenters. The fourth-order valence-corrected chi connectivity index (χ4v) is 2.61. The molecule has 2 nitrogen and oxygen atoms in total. The number of hydrogen-bond acceptors (Lipinski definition) is 2. The number of nitrogen functional groups attached to an aromatic ring is 1. The molecule has 18 heavy (non-hydrogen) atoms. The van der Waals surface area contributed by atoms with Crippen LogP contribution in [0.3, 0.4) is 0 Å². The van der Waals surface area contributed by atoms with Gasteiger partial charge in [-0.3, -0.25) is 0 Å². The van der Waals surface area contributed by atoms with Gasteiger partial charge < -0.3 is 11.5 Å². The van der Waals surface area contributed by atoms with E-state index in [9.17, 15) is 0 Å². The maximum Gasteiger partial charge on any atom is 0.0314 e. The molecule has 0 unspecified atom stereocenters. The maximum atomic E-state index is 6.24. The molecule has 1 aromatic carbocycles. The first-order valence-corrected chi connectivity index (χ1v) is 6.36. The van der Waals surface area contributed by atoms with E-state index in [4.69, 9.17) is 11.5 Å². The lowest BCUT2D eigenvalue weighted by atomic mass is 9.72. The normalized spacial score (nSPS) is 19.3. The van der Waals surface area contributed by atoms with Crippen LogP contribution in [-0.4, -0.2) is 0 Å². The Balaban J connectivity index is 2.54. The van der Waals surface area contributed by atoms with E-state index in [0.29, 0.717) is 0 Å². The Bertz CT molecular complexity index is 531. The number of rotatable bonds is 1. The van der Waals surface area contributed by atoms with Crippen LogP contribution in [0.1, 0.15) is 39.7 Å². The van der Waals surface area contributed by atoms with Crippen LogP contribution in [0, 0.1) is 5.41 Å². The molecule has 2 heteroatoms. The highest BCUT2D eigenvalue weighted by Crippen LogP contribution is 2.44. The van der Waals surface area contributed by atoms with Gasteiger partial charge in [-0.2, -0.15) is 0 Å². The Kier molecular flexibility index (Phi) is 2.97. The van der Waals surface area contributed by atoms with E-state index in [1.807, 2.05) is 12.1 Å². The van der Waals surface area contributed by atoms with E-state index >= 15 is 0 Å². The summed E-state index contributed by atoms with van der Waals surface area (Å²) in [6, 6.07) is 8.11. The minimum absolute atomic E-state index is 0.0281. The molecule has 0 spiro atoms. The topological polar surface area (TPSA) is 52.0 Å². The van der Waals surface area contributed by atoms with Gasteiger partial charge in [-0.05, 0) is 54.7 Å². The monoisotopic (exact) mass is 242 g/mol. The van der Waals surface area contributed by atoms with Gasteiger partial charge in [0.2, 0.25) is 0 Å². The minimum atomic E-state index is 0.0281. The first-order chi connectivity index (χ1) is 8.33. The van der Waals surface area contributed by atoms with Crippen LogP contribution in [0.25, 0.3) is 5.57 Å². The molecule has 0 saturated carbocycles. The second-order valence-electron chi connectivity index (χ2n) is 5.82. The van der Waals surface area contributed by atoms with Crippen LogP contribution in [-0.2, 0) is 0 Å². The molecule has 0 aliphatic heterocycles. The largest absolute Gasteiger partial charge is 0.401 e. The van der Waals surface area contributed by atoms with Gasteiger partial charge in [0.05, 0.1) is 0 Å². The predicted molar refractivity (Wildman–Crippen MR) is 78.7 cm³/mol. The highest BCUT2D eigenvalue weighted by molar-refractivity contribution is 5.75. The van der Waals surface area contributed by atoms with Crippen molar-refractivity contribution >= 4 is 11.3 Å². The summed E-state index contributed by atoms with van der Waals surface area (Å²) >= 11 is 0. The lowest BCUT2D eigenvalue weighted by Crippen LogP contribution is -2.27.